The molecular formula is C23H26N2O2S2. The second kappa shape index (κ2) is 11.2. The van der Waals surface area contributed by atoms with Crippen LogP contribution in [0.25, 0.3) is 0 Å². The van der Waals surface area contributed by atoms with E-state index in [9.17, 15) is 10.1 Å². The highest BCUT2D eigenvalue weighted by molar-refractivity contribution is 8.14. The molecule has 0 aromatic heterocycles. The standard InChI is InChI=1S/C23H26N2O2S2/c1-18-7-9-20(10-8-18)24-23(29-17-19-5-3-2-4-6-19)15-16-28-22-13-11-21(12-14-22)25(26)27/h7-16,19H,2-6,17H2,1H3. The zero-order valence-corrected chi connectivity index (χ0v) is 18.3. The maximum Gasteiger partial charge on any atom is 0.269 e. The molecule has 0 saturated heterocycles. The summed E-state index contributed by atoms with van der Waals surface area (Å²) in [5.41, 5.74) is 2.30. The predicted octanol–water partition coefficient (Wildman–Crippen LogP) is 7.55. The van der Waals surface area contributed by atoms with E-state index in [0.29, 0.717) is 0 Å². The Labute approximate surface area is 181 Å². The largest absolute Gasteiger partial charge is 0.269 e. The molecule has 0 unspecified atom stereocenters. The lowest BCUT2D eigenvalue weighted by atomic mass is 9.91. The summed E-state index contributed by atoms with van der Waals surface area (Å²) in [6, 6.07) is 14.9. The first-order chi connectivity index (χ1) is 14.1. The molecule has 29 heavy (non-hydrogen) atoms. The number of aryl methyl sites for hydroxylation is 1. The smallest absolute Gasteiger partial charge is 0.258 e. The van der Waals surface area contributed by atoms with Crippen LogP contribution in [0, 0.1) is 23.0 Å². The summed E-state index contributed by atoms with van der Waals surface area (Å²) in [5.74, 6) is 1.89. The number of nitrogens with zero attached hydrogens (tertiary/aromatic N) is 2. The van der Waals surface area contributed by atoms with Crippen molar-refractivity contribution in [3.05, 3.63) is 75.7 Å². The van der Waals surface area contributed by atoms with Crippen LogP contribution in [0.15, 0.2) is 69.9 Å². The first-order valence-electron chi connectivity index (χ1n) is 9.96. The quantitative estimate of drug-likeness (QED) is 0.151. The fourth-order valence-electron chi connectivity index (χ4n) is 3.24. The fraction of sp³-hybridized carbons (Fsp3) is 0.348. The normalized spacial score (nSPS) is 15.7. The fourth-order valence-corrected chi connectivity index (χ4v) is 5.05. The van der Waals surface area contributed by atoms with E-state index >= 15 is 0 Å². The Morgan fingerprint density at radius 1 is 1.10 bits per heavy atom. The van der Waals surface area contributed by atoms with Crippen molar-refractivity contribution in [2.24, 2.45) is 10.9 Å². The summed E-state index contributed by atoms with van der Waals surface area (Å²) in [6.45, 7) is 2.08. The maximum absolute atomic E-state index is 10.8. The van der Waals surface area contributed by atoms with Gasteiger partial charge in [0.25, 0.3) is 5.69 Å². The molecule has 3 rings (SSSR count). The zero-order valence-electron chi connectivity index (χ0n) is 16.6. The Morgan fingerprint density at radius 2 is 1.79 bits per heavy atom. The summed E-state index contributed by atoms with van der Waals surface area (Å²) in [5, 5.41) is 13.8. The van der Waals surface area contributed by atoms with Gasteiger partial charge in [0.05, 0.1) is 15.7 Å². The number of rotatable bonds is 7. The molecule has 2 aromatic rings. The molecule has 152 valence electrons. The average molecular weight is 427 g/mol. The van der Waals surface area contributed by atoms with Crippen molar-refractivity contribution < 1.29 is 4.92 Å². The van der Waals surface area contributed by atoms with E-state index < -0.39 is 0 Å². The average Bonchev–Trinajstić information content (AvgIpc) is 2.74. The number of nitro groups is 1. The van der Waals surface area contributed by atoms with Crippen LogP contribution in [0.2, 0.25) is 0 Å². The summed E-state index contributed by atoms with van der Waals surface area (Å²) in [7, 11) is 0. The molecule has 0 spiro atoms. The van der Waals surface area contributed by atoms with Gasteiger partial charge >= 0.3 is 0 Å². The van der Waals surface area contributed by atoms with Gasteiger partial charge in [-0.05, 0) is 61.4 Å². The molecule has 1 aliphatic rings. The molecule has 0 radical (unpaired) electrons. The third-order valence-electron chi connectivity index (χ3n) is 4.93. The molecule has 0 amide bonds. The Hall–Kier alpha value is -2.05. The number of nitro benzene ring substituents is 1. The van der Waals surface area contributed by atoms with E-state index in [2.05, 4.69) is 25.1 Å². The van der Waals surface area contributed by atoms with E-state index in [0.717, 1.165) is 27.3 Å². The molecule has 1 aliphatic carbocycles. The van der Waals surface area contributed by atoms with Gasteiger partial charge in [-0.15, -0.1) is 11.8 Å². The van der Waals surface area contributed by atoms with Crippen LogP contribution in [-0.4, -0.2) is 15.7 Å². The SMILES string of the molecule is Cc1ccc(N=C(C=CSc2ccc([N+](=O)[O-])cc2)SCC2CCCCC2)cc1. The van der Waals surface area contributed by atoms with E-state index in [4.69, 9.17) is 4.99 Å². The van der Waals surface area contributed by atoms with Crippen LogP contribution < -0.4 is 0 Å². The van der Waals surface area contributed by atoms with Crippen molar-refractivity contribution in [2.45, 2.75) is 43.9 Å². The van der Waals surface area contributed by atoms with E-state index in [1.54, 1.807) is 23.9 Å². The van der Waals surface area contributed by atoms with Gasteiger partial charge in [-0.2, -0.15) is 0 Å². The van der Waals surface area contributed by atoms with Crippen LogP contribution in [0.4, 0.5) is 11.4 Å². The molecule has 1 fully saturated rings. The number of non-ortho nitro benzene ring substituents is 1. The Bertz CT molecular complexity index is 855. The second-order valence-electron chi connectivity index (χ2n) is 7.27. The molecule has 0 heterocycles. The van der Waals surface area contributed by atoms with Gasteiger partial charge < -0.3 is 0 Å². The third-order valence-corrected chi connectivity index (χ3v) is 6.90. The van der Waals surface area contributed by atoms with Crippen LogP contribution >= 0.6 is 23.5 Å². The van der Waals surface area contributed by atoms with Crippen LogP contribution in [0.5, 0.6) is 0 Å². The van der Waals surface area contributed by atoms with Gasteiger partial charge in [0.1, 0.15) is 0 Å². The lowest BCUT2D eigenvalue weighted by Gasteiger charge is -2.20. The zero-order chi connectivity index (χ0) is 20.5. The number of benzene rings is 2. The summed E-state index contributed by atoms with van der Waals surface area (Å²) in [4.78, 5) is 16.2. The number of thioether (sulfide) groups is 2. The summed E-state index contributed by atoms with van der Waals surface area (Å²) in [6.07, 6.45) is 8.78. The highest BCUT2D eigenvalue weighted by atomic mass is 32.2. The number of hydrogen-bond donors (Lipinski definition) is 0. The molecular weight excluding hydrogens is 400 g/mol. The molecule has 2 aromatic carbocycles. The van der Waals surface area contributed by atoms with Crippen molar-refractivity contribution in [3.63, 3.8) is 0 Å². The monoisotopic (exact) mass is 426 g/mol. The minimum Gasteiger partial charge on any atom is -0.258 e. The number of aliphatic imine (C=N–C) groups is 1. The Kier molecular flexibility index (Phi) is 8.38. The van der Waals surface area contributed by atoms with Crippen molar-refractivity contribution in [1.82, 2.24) is 0 Å². The van der Waals surface area contributed by atoms with Crippen LogP contribution in [0.3, 0.4) is 0 Å². The predicted molar refractivity (Wildman–Crippen MR) is 125 cm³/mol. The minimum atomic E-state index is -0.376. The minimum absolute atomic E-state index is 0.114. The molecule has 4 nitrogen and oxygen atoms in total. The molecule has 0 N–H and O–H groups in total. The second-order valence-corrected chi connectivity index (χ2v) is 9.29. The van der Waals surface area contributed by atoms with Crippen molar-refractivity contribution in [1.29, 1.82) is 0 Å². The summed E-state index contributed by atoms with van der Waals surface area (Å²) >= 11 is 3.38. The topological polar surface area (TPSA) is 55.5 Å². The van der Waals surface area contributed by atoms with Crippen LogP contribution in [-0.2, 0) is 0 Å². The van der Waals surface area contributed by atoms with Gasteiger partial charge in [-0.1, -0.05) is 48.7 Å². The third kappa shape index (κ3) is 7.37. The lowest BCUT2D eigenvalue weighted by molar-refractivity contribution is -0.384. The lowest BCUT2D eigenvalue weighted by Crippen LogP contribution is -2.09. The van der Waals surface area contributed by atoms with E-state index in [-0.39, 0.29) is 10.6 Å². The van der Waals surface area contributed by atoms with Gasteiger partial charge in [0, 0.05) is 22.8 Å². The first kappa shape index (κ1) is 21.7. The molecule has 0 atom stereocenters. The summed E-state index contributed by atoms with van der Waals surface area (Å²) < 4.78 is 0. The van der Waals surface area contributed by atoms with E-state index in [1.165, 1.54) is 49.8 Å². The van der Waals surface area contributed by atoms with Crippen molar-refractivity contribution in [2.75, 3.05) is 5.75 Å². The van der Waals surface area contributed by atoms with Crippen molar-refractivity contribution in [3.8, 4) is 0 Å². The molecule has 6 heteroatoms. The Morgan fingerprint density at radius 3 is 2.45 bits per heavy atom. The highest BCUT2D eigenvalue weighted by Crippen LogP contribution is 2.29. The first-order valence-corrected chi connectivity index (χ1v) is 11.8. The van der Waals surface area contributed by atoms with Crippen LogP contribution in [0.1, 0.15) is 37.7 Å². The van der Waals surface area contributed by atoms with Gasteiger partial charge in [0.15, 0.2) is 0 Å². The van der Waals surface area contributed by atoms with Gasteiger partial charge in [-0.25, -0.2) is 4.99 Å². The van der Waals surface area contributed by atoms with E-state index in [1.807, 2.05) is 29.3 Å². The molecule has 1 saturated carbocycles. The Balaban J connectivity index is 1.66. The molecule has 0 aliphatic heterocycles. The van der Waals surface area contributed by atoms with Gasteiger partial charge in [0.2, 0.25) is 0 Å². The number of hydrogen-bond acceptors (Lipinski definition) is 5. The maximum atomic E-state index is 10.8. The van der Waals surface area contributed by atoms with Crippen molar-refractivity contribution >= 4 is 39.9 Å². The van der Waals surface area contributed by atoms with Gasteiger partial charge in [-0.3, -0.25) is 10.1 Å². The highest BCUT2D eigenvalue weighted by Gasteiger charge is 2.14. The molecule has 0 bridgehead atoms.